The molecule has 0 amide bonds. The van der Waals surface area contributed by atoms with Gasteiger partial charge in [-0.05, 0) is 30.5 Å². The smallest absolute Gasteiger partial charge is 0.459 e. The number of aliphatic hydroxyl groups is 1. The number of azide groups is 1. The number of nitrogens with one attached hydrogen (secondary N) is 1. The van der Waals surface area contributed by atoms with E-state index < -0.39 is 26.6 Å². The van der Waals surface area contributed by atoms with E-state index in [-0.39, 0.29) is 40.6 Å². The molecule has 0 spiro atoms. The van der Waals surface area contributed by atoms with Crippen molar-refractivity contribution in [3.8, 4) is 11.6 Å². The number of hydrogen-bond donors (Lipinski definition) is 3. The standard InChI is InChI=1S/C23H28N9O6P/c1-35-21-18-20(27-23(24)28-21)32(13-26-18)22-17(29-31-25)19(16(12-33)36-22)38-39(34,30-14-8-4-2-5-9-14)37-15-10-6-3-7-11-15/h3,6-7,10-11,13-14,16,19,33H,2,4-5,8-9,12H2,1H3,(H,30,34)(H2,24,27,28)/t16-,19-,39?/m1/s1. The minimum Gasteiger partial charge on any atom is -0.479 e. The zero-order chi connectivity index (χ0) is 27.4. The maximum Gasteiger partial charge on any atom is 0.459 e. The number of fused-ring (bicyclic) bond motifs is 1. The molecule has 2 aliphatic rings. The third-order valence-corrected chi connectivity index (χ3v) is 8.02. The number of para-hydroxylation sites is 1. The number of nitrogens with two attached hydrogens (primary N) is 1. The number of aliphatic hydroxyl groups excluding tert-OH is 1. The van der Waals surface area contributed by atoms with Gasteiger partial charge >= 0.3 is 7.75 Å². The highest BCUT2D eigenvalue weighted by atomic mass is 31.2. The summed E-state index contributed by atoms with van der Waals surface area (Å²) in [5, 5.41) is 17.0. The van der Waals surface area contributed by atoms with Gasteiger partial charge in [0.25, 0.3) is 0 Å². The maximum atomic E-state index is 14.2. The van der Waals surface area contributed by atoms with Crippen LogP contribution >= 0.6 is 7.75 Å². The van der Waals surface area contributed by atoms with E-state index in [2.05, 4.69) is 30.1 Å². The topological polar surface area (TPSA) is 205 Å². The molecule has 4 N–H and O–H groups in total. The van der Waals surface area contributed by atoms with Crippen molar-refractivity contribution in [3.63, 3.8) is 0 Å². The van der Waals surface area contributed by atoms with Gasteiger partial charge in [0, 0.05) is 11.0 Å². The largest absolute Gasteiger partial charge is 0.479 e. The van der Waals surface area contributed by atoms with Crippen molar-refractivity contribution >= 4 is 30.7 Å². The van der Waals surface area contributed by atoms with E-state index in [1.54, 1.807) is 30.3 Å². The highest BCUT2D eigenvalue weighted by molar-refractivity contribution is 7.52. The molecule has 0 saturated heterocycles. The van der Waals surface area contributed by atoms with Crippen LogP contribution in [0.5, 0.6) is 11.6 Å². The summed E-state index contributed by atoms with van der Waals surface area (Å²) in [6, 6.07) is 8.47. The van der Waals surface area contributed by atoms with E-state index in [0.717, 1.165) is 32.1 Å². The number of hydrogen-bond acceptors (Lipinski definition) is 11. The summed E-state index contributed by atoms with van der Waals surface area (Å²) in [6.07, 6.45) is 3.62. The Morgan fingerprint density at radius 3 is 2.74 bits per heavy atom. The summed E-state index contributed by atoms with van der Waals surface area (Å²) in [5.41, 5.74) is 15.6. The van der Waals surface area contributed by atoms with Gasteiger partial charge in [-0.3, -0.25) is 9.09 Å². The van der Waals surface area contributed by atoms with Crippen LogP contribution in [0.4, 0.5) is 5.95 Å². The molecule has 206 valence electrons. The van der Waals surface area contributed by atoms with Crippen molar-refractivity contribution in [2.24, 2.45) is 5.11 Å². The lowest BCUT2D eigenvalue weighted by molar-refractivity contribution is 0.0286. The number of methoxy groups -OCH3 is 1. The highest BCUT2D eigenvalue weighted by Gasteiger charge is 2.45. The van der Waals surface area contributed by atoms with Gasteiger partial charge in [0.15, 0.2) is 17.3 Å². The summed E-state index contributed by atoms with van der Waals surface area (Å²) in [6.45, 7) is -0.555. The molecule has 5 rings (SSSR count). The molecule has 1 unspecified atom stereocenters. The third kappa shape index (κ3) is 5.63. The number of ether oxygens (including phenoxy) is 2. The highest BCUT2D eigenvalue weighted by Crippen LogP contribution is 2.50. The molecule has 39 heavy (non-hydrogen) atoms. The van der Waals surface area contributed by atoms with Crippen LogP contribution in [0.25, 0.3) is 27.5 Å². The summed E-state index contributed by atoms with van der Waals surface area (Å²) in [5.74, 6) is 0.319. The molecule has 3 aromatic rings. The second-order valence-corrected chi connectivity index (χ2v) is 10.6. The molecule has 15 nitrogen and oxygen atoms in total. The summed E-state index contributed by atoms with van der Waals surface area (Å²) in [4.78, 5) is 15.4. The number of nitrogen functional groups attached to an aromatic ring is 1. The second-order valence-electron chi connectivity index (χ2n) is 8.99. The quantitative estimate of drug-likeness (QED) is 0.142. The minimum absolute atomic E-state index is 0.0385. The zero-order valence-electron chi connectivity index (χ0n) is 21.1. The number of benzene rings is 1. The van der Waals surface area contributed by atoms with Crippen molar-refractivity contribution in [3.05, 3.63) is 52.8 Å². The molecule has 0 radical (unpaired) electrons. The van der Waals surface area contributed by atoms with Gasteiger partial charge in [-0.25, -0.2) is 14.6 Å². The second kappa shape index (κ2) is 11.5. The monoisotopic (exact) mass is 557 g/mol. The van der Waals surface area contributed by atoms with Crippen molar-refractivity contribution < 1.29 is 28.2 Å². The number of nitrogens with zero attached hydrogens (tertiary/aromatic N) is 7. The van der Waals surface area contributed by atoms with Gasteiger partial charge < -0.3 is 24.8 Å². The first-order chi connectivity index (χ1) is 18.9. The van der Waals surface area contributed by atoms with E-state index in [1.807, 2.05) is 0 Å². The molecule has 1 aromatic carbocycles. The van der Waals surface area contributed by atoms with Crippen LogP contribution in [0.2, 0.25) is 0 Å². The van der Waals surface area contributed by atoms with Crippen LogP contribution in [-0.2, 0) is 13.8 Å². The van der Waals surface area contributed by atoms with Gasteiger partial charge in [0.05, 0.1) is 13.7 Å². The Morgan fingerprint density at radius 1 is 1.28 bits per heavy atom. The predicted molar refractivity (Wildman–Crippen MR) is 140 cm³/mol. The van der Waals surface area contributed by atoms with Gasteiger partial charge in [-0.2, -0.15) is 9.97 Å². The van der Waals surface area contributed by atoms with E-state index in [4.69, 9.17) is 24.3 Å². The lowest BCUT2D eigenvalue weighted by Crippen LogP contribution is -2.36. The fraction of sp³-hybridized carbons (Fsp3) is 0.435. The van der Waals surface area contributed by atoms with Gasteiger partial charge in [0.1, 0.15) is 23.9 Å². The molecule has 0 bridgehead atoms. The Kier molecular flexibility index (Phi) is 7.87. The lowest BCUT2D eigenvalue weighted by Gasteiger charge is -2.30. The fourth-order valence-electron chi connectivity index (χ4n) is 4.63. The maximum absolute atomic E-state index is 14.2. The molecular formula is C23H28N9O6P. The number of rotatable bonds is 10. The molecule has 3 atom stereocenters. The first-order valence-corrected chi connectivity index (χ1v) is 13.9. The average Bonchev–Trinajstić information content (AvgIpc) is 3.50. The lowest BCUT2D eigenvalue weighted by atomic mass is 9.96. The van der Waals surface area contributed by atoms with Crippen LogP contribution in [0.15, 0.2) is 47.5 Å². The first kappa shape index (κ1) is 26.7. The number of imidazole rings is 1. The van der Waals surface area contributed by atoms with Crippen molar-refractivity contribution in [2.75, 3.05) is 19.5 Å². The van der Waals surface area contributed by atoms with Crippen LogP contribution in [0.1, 0.15) is 32.1 Å². The van der Waals surface area contributed by atoms with Crippen molar-refractivity contribution in [1.82, 2.24) is 24.6 Å². The summed E-state index contributed by atoms with van der Waals surface area (Å²) < 4.78 is 38.8. The van der Waals surface area contributed by atoms with Crippen LogP contribution in [-0.4, -0.2) is 56.6 Å². The molecular weight excluding hydrogens is 529 g/mol. The molecule has 16 heteroatoms. The van der Waals surface area contributed by atoms with Crippen molar-refractivity contribution in [1.29, 1.82) is 0 Å². The Bertz CT molecular complexity index is 1450. The van der Waals surface area contributed by atoms with E-state index >= 15 is 0 Å². The van der Waals surface area contributed by atoms with E-state index in [1.165, 1.54) is 18.0 Å². The van der Waals surface area contributed by atoms with E-state index in [9.17, 15) is 15.2 Å². The predicted octanol–water partition coefficient (Wildman–Crippen LogP) is 3.74. The fourth-order valence-corrected chi connectivity index (χ4v) is 6.42. The molecule has 1 saturated carbocycles. The van der Waals surface area contributed by atoms with Gasteiger partial charge in [0.2, 0.25) is 17.7 Å². The van der Waals surface area contributed by atoms with Crippen LogP contribution in [0.3, 0.4) is 0 Å². The minimum atomic E-state index is -4.09. The number of aromatic nitrogens is 4. The SMILES string of the molecule is COc1nc(N)nc2c1ncn2C1=C(N=[N+]=[N-])[C@H](OP(=O)(NC2CCCCC2)Oc2ccccc2)[C@@H](CO)O1. The first-order valence-electron chi connectivity index (χ1n) is 12.4. The third-order valence-electron chi connectivity index (χ3n) is 6.38. The van der Waals surface area contributed by atoms with Crippen LogP contribution in [0, 0.1) is 0 Å². The van der Waals surface area contributed by atoms with Gasteiger partial charge in [-0.1, -0.05) is 42.6 Å². The van der Waals surface area contributed by atoms with Gasteiger partial charge in [-0.15, -0.1) is 0 Å². The zero-order valence-corrected chi connectivity index (χ0v) is 22.0. The Labute approximate surface area is 223 Å². The number of anilines is 1. The molecule has 1 aliphatic carbocycles. The summed E-state index contributed by atoms with van der Waals surface area (Å²) >= 11 is 0. The Hall–Kier alpha value is -3.87. The normalized spacial score (nSPS) is 21.3. The molecule has 3 heterocycles. The van der Waals surface area contributed by atoms with Crippen molar-refractivity contribution in [2.45, 2.75) is 50.4 Å². The molecule has 1 aliphatic heterocycles. The Morgan fingerprint density at radius 2 is 2.05 bits per heavy atom. The molecule has 2 aromatic heterocycles. The average molecular weight is 558 g/mol. The van der Waals surface area contributed by atoms with Crippen LogP contribution < -0.4 is 20.1 Å². The Balaban J connectivity index is 1.56. The van der Waals surface area contributed by atoms with E-state index in [0.29, 0.717) is 5.75 Å². The summed E-state index contributed by atoms with van der Waals surface area (Å²) in [7, 11) is -2.68. The molecule has 1 fully saturated rings.